The number of nitrogens with two attached hydrogens (primary N) is 1. The largest absolute Gasteiger partial charge is 0.343 e. The van der Waals surface area contributed by atoms with E-state index in [9.17, 15) is 4.79 Å². The number of hydrogen-bond acceptors (Lipinski definition) is 2. The van der Waals surface area contributed by atoms with E-state index in [0.29, 0.717) is 30.8 Å². The second-order valence-electron chi connectivity index (χ2n) is 5.88. The quantitative estimate of drug-likeness (QED) is 0.775. The highest BCUT2D eigenvalue weighted by Gasteiger charge is 2.25. The van der Waals surface area contributed by atoms with Gasteiger partial charge in [-0.3, -0.25) is 4.79 Å². The van der Waals surface area contributed by atoms with Gasteiger partial charge in [0.2, 0.25) is 5.91 Å². The van der Waals surface area contributed by atoms with Gasteiger partial charge in [0.05, 0.1) is 0 Å². The molecule has 17 heavy (non-hydrogen) atoms. The topological polar surface area (TPSA) is 46.3 Å². The average molecular weight is 240 g/mol. The minimum Gasteiger partial charge on any atom is -0.343 e. The maximum absolute atomic E-state index is 12.2. The first-order valence-electron chi connectivity index (χ1n) is 7.00. The fourth-order valence-corrected chi connectivity index (χ4v) is 2.82. The minimum absolute atomic E-state index is 0.285. The second-order valence-corrected chi connectivity index (χ2v) is 5.88. The highest BCUT2D eigenvalue weighted by atomic mass is 16.2. The smallest absolute Gasteiger partial charge is 0.222 e. The molecular weight excluding hydrogens is 212 g/mol. The number of nitrogens with zero attached hydrogens (tertiary/aromatic N) is 1. The van der Waals surface area contributed by atoms with Crippen molar-refractivity contribution in [3.63, 3.8) is 0 Å². The number of carbonyl (C=O) groups excluding carboxylic acids is 1. The summed E-state index contributed by atoms with van der Waals surface area (Å²) in [6.07, 6.45) is 6.59. The van der Waals surface area contributed by atoms with Crippen LogP contribution in [0, 0.1) is 11.8 Å². The Morgan fingerprint density at radius 2 is 1.94 bits per heavy atom. The fraction of sp³-hybridized carbons (Fsp3) is 0.929. The van der Waals surface area contributed by atoms with Gasteiger partial charge in [0.1, 0.15) is 0 Å². The van der Waals surface area contributed by atoms with Gasteiger partial charge >= 0.3 is 0 Å². The molecule has 0 aromatic rings. The van der Waals surface area contributed by atoms with Crippen LogP contribution in [0.2, 0.25) is 0 Å². The van der Waals surface area contributed by atoms with Gasteiger partial charge in [-0.25, -0.2) is 0 Å². The summed E-state index contributed by atoms with van der Waals surface area (Å²) in [7, 11) is 1.96. The van der Waals surface area contributed by atoms with Crippen LogP contribution in [0.25, 0.3) is 0 Å². The van der Waals surface area contributed by atoms with Crippen molar-refractivity contribution in [3.05, 3.63) is 0 Å². The molecule has 0 bridgehead atoms. The van der Waals surface area contributed by atoms with Crippen molar-refractivity contribution >= 4 is 5.91 Å². The molecule has 100 valence electrons. The highest BCUT2D eigenvalue weighted by molar-refractivity contribution is 5.76. The van der Waals surface area contributed by atoms with Crippen LogP contribution < -0.4 is 5.73 Å². The van der Waals surface area contributed by atoms with Gasteiger partial charge in [-0.2, -0.15) is 0 Å². The summed E-state index contributed by atoms with van der Waals surface area (Å²) in [5.41, 5.74) is 5.75. The number of carbonyl (C=O) groups is 1. The van der Waals surface area contributed by atoms with E-state index in [1.807, 2.05) is 11.9 Å². The molecule has 1 saturated carbocycles. The molecule has 1 aliphatic carbocycles. The Kier molecular flexibility index (Phi) is 5.96. The standard InChI is InChI=1S/C14H28N2O/c1-11(2)8-12(10-15)9-14(17)16(3)13-6-4-5-7-13/h11-13H,4-10,15H2,1-3H3/t12-/m0/s1. The van der Waals surface area contributed by atoms with Crippen LogP contribution in [0.4, 0.5) is 0 Å². The van der Waals surface area contributed by atoms with Crippen LogP contribution in [0.5, 0.6) is 0 Å². The maximum atomic E-state index is 12.2. The maximum Gasteiger partial charge on any atom is 0.222 e. The van der Waals surface area contributed by atoms with Crippen molar-refractivity contribution in [3.8, 4) is 0 Å². The summed E-state index contributed by atoms with van der Waals surface area (Å²) >= 11 is 0. The van der Waals surface area contributed by atoms with E-state index in [1.165, 1.54) is 25.7 Å². The summed E-state index contributed by atoms with van der Waals surface area (Å²) in [4.78, 5) is 14.1. The van der Waals surface area contributed by atoms with Gasteiger partial charge in [-0.05, 0) is 37.6 Å². The van der Waals surface area contributed by atoms with E-state index in [2.05, 4.69) is 13.8 Å². The molecule has 0 unspecified atom stereocenters. The van der Waals surface area contributed by atoms with E-state index in [4.69, 9.17) is 5.73 Å². The number of rotatable bonds is 6. The van der Waals surface area contributed by atoms with Crippen LogP contribution in [0.15, 0.2) is 0 Å². The zero-order valence-corrected chi connectivity index (χ0v) is 11.6. The molecule has 0 saturated heterocycles. The van der Waals surface area contributed by atoms with E-state index in [-0.39, 0.29) is 5.91 Å². The second kappa shape index (κ2) is 7.00. The van der Waals surface area contributed by atoms with Gasteiger partial charge in [-0.15, -0.1) is 0 Å². The first-order chi connectivity index (χ1) is 8.04. The van der Waals surface area contributed by atoms with Crippen molar-refractivity contribution in [1.82, 2.24) is 4.90 Å². The van der Waals surface area contributed by atoms with Crippen LogP contribution in [-0.4, -0.2) is 30.4 Å². The summed E-state index contributed by atoms with van der Waals surface area (Å²) in [5.74, 6) is 1.26. The predicted molar refractivity (Wildman–Crippen MR) is 71.6 cm³/mol. The molecule has 3 heteroatoms. The molecule has 1 aliphatic rings. The van der Waals surface area contributed by atoms with Crippen LogP contribution in [0.1, 0.15) is 52.4 Å². The number of amides is 1. The molecule has 1 fully saturated rings. The Morgan fingerprint density at radius 1 is 1.35 bits per heavy atom. The zero-order chi connectivity index (χ0) is 12.8. The molecule has 0 heterocycles. The Balaban J connectivity index is 2.40. The van der Waals surface area contributed by atoms with Gasteiger partial charge in [0, 0.05) is 19.5 Å². The van der Waals surface area contributed by atoms with Crippen molar-refractivity contribution < 1.29 is 4.79 Å². The normalized spacial score (nSPS) is 18.6. The van der Waals surface area contributed by atoms with Gasteiger partial charge in [-0.1, -0.05) is 26.7 Å². The van der Waals surface area contributed by atoms with Crippen LogP contribution in [0.3, 0.4) is 0 Å². The lowest BCUT2D eigenvalue weighted by Crippen LogP contribution is -2.37. The van der Waals surface area contributed by atoms with Crippen LogP contribution in [-0.2, 0) is 4.79 Å². The fourth-order valence-electron chi connectivity index (χ4n) is 2.82. The summed E-state index contributed by atoms with van der Waals surface area (Å²) in [6, 6.07) is 0.486. The third-order valence-corrected chi connectivity index (χ3v) is 3.87. The molecule has 1 rings (SSSR count). The van der Waals surface area contributed by atoms with Gasteiger partial charge in [0.15, 0.2) is 0 Å². The Labute approximate surface area is 106 Å². The third kappa shape index (κ3) is 4.66. The molecule has 0 aliphatic heterocycles. The Bertz CT molecular complexity index is 234. The predicted octanol–water partition coefficient (Wildman–Crippen LogP) is 2.40. The first kappa shape index (κ1) is 14.5. The molecule has 1 atom stereocenters. The van der Waals surface area contributed by atoms with Crippen molar-refractivity contribution in [2.75, 3.05) is 13.6 Å². The highest BCUT2D eigenvalue weighted by Crippen LogP contribution is 2.24. The lowest BCUT2D eigenvalue weighted by atomic mass is 9.93. The minimum atomic E-state index is 0.285. The molecule has 1 amide bonds. The molecule has 0 aromatic heterocycles. The Morgan fingerprint density at radius 3 is 2.41 bits per heavy atom. The Hall–Kier alpha value is -0.570. The molecular formula is C14H28N2O. The van der Waals surface area contributed by atoms with Crippen molar-refractivity contribution in [2.24, 2.45) is 17.6 Å². The van der Waals surface area contributed by atoms with E-state index >= 15 is 0 Å². The SMILES string of the molecule is CC(C)C[C@H](CN)CC(=O)N(C)C1CCCC1. The third-order valence-electron chi connectivity index (χ3n) is 3.87. The average Bonchev–Trinajstić information content (AvgIpc) is 2.79. The van der Waals surface area contributed by atoms with E-state index < -0.39 is 0 Å². The van der Waals surface area contributed by atoms with Crippen molar-refractivity contribution in [2.45, 2.75) is 58.4 Å². The van der Waals surface area contributed by atoms with E-state index in [0.717, 1.165) is 6.42 Å². The zero-order valence-electron chi connectivity index (χ0n) is 11.6. The molecule has 0 spiro atoms. The van der Waals surface area contributed by atoms with Crippen molar-refractivity contribution in [1.29, 1.82) is 0 Å². The first-order valence-corrected chi connectivity index (χ1v) is 7.00. The van der Waals surface area contributed by atoms with E-state index in [1.54, 1.807) is 0 Å². The lowest BCUT2D eigenvalue weighted by Gasteiger charge is -2.26. The summed E-state index contributed by atoms with van der Waals surface area (Å²) < 4.78 is 0. The molecule has 0 radical (unpaired) electrons. The monoisotopic (exact) mass is 240 g/mol. The van der Waals surface area contributed by atoms with Crippen LogP contribution >= 0.6 is 0 Å². The molecule has 3 nitrogen and oxygen atoms in total. The summed E-state index contributed by atoms with van der Waals surface area (Å²) in [6.45, 7) is 5.00. The molecule has 2 N–H and O–H groups in total. The van der Waals surface area contributed by atoms with Gasteiger partial charge in [0.25, 0.3) is 0 Å². The van der Waals surface area contributed by atoms with Gasteiger partial charge < -0.3 is 10.6 Å². The summed E-state index contributed by atoms with van der Waals surface area (Å²) in [5, 5.41) is 0. The number of hydrogen-bond donors (Lipinski definition) is 1. The lowest BCUT2D eigenvalue weighted by molar-refractivity contribution is -0.132. The molecule has 0 aromatic carbocycles.